The van der Waals surface area contributed by atoms with Gasteiger partial charge in [-0.2, -0.15) is 5.01 Å². The van der Waals surface area contributed by atoms with Crippen LogP contribution in [0.25, 0.3) is 0 Å². The van der Waals surface area contributed by atoms with E-state index in [1.807, 2.05) is 0 Å². The van der Waals surface area contributed by atoms with Crippen LogP contribution in [0.5, 0.6) is 17.2 Å². The minimum absolute atomic E-state index is 0.130. The third-order valence-corrected chi connectivity index (χ3v) is 4.92. The fourth-order valence-corrected chi connectivity index (χ4v) is 3.45. The number of nitrogens with zero attached hydrogens (tertiary/aromatic N) is 2. The first-order chi connectivity index (χ1) is 13.5. The van der Waals surface area contributed by atoms with E-state index >= 15 is 0 Å². The van der Waals surface area contributed by atoms with Crippen LogP contribution in [0.1, 0.15) is 64.9 Å². The van der Waals surface area contributed by atoms with Crippen molar-refractivity contribution >= 4 is 11.8 Å². The maximum absolute atomic E-state index is 12.4. The lowest BCUT2D eigenvalue weighted by molar-refractivity contribution is -0.149. The molecule has 0 fully saturated rings. The average Bonchev–Trinajstić information content (AvgIpc) is 3.09. The summed E-state index contributed by atoms with van der Waals surface area (Å²) in [7, 11) is 4.68. The van der Waals surface area contributed by atoms with Crippen molar-refractivity contribution in [1.29, 1.82) is 0 Å². The van der Waals surface area contributed by atoms with Gasteiger partial charge in [-0.3, -0.25) is 4.79 Å². The zero-order valence-corrected chi connectivity index (χ0v) is 17.8. The average molecular weight is 392 g/mol. The van der Waals surface area contributed by atoms with Crippen LogP contribution >= 0.6 is 0 Å². The smallest absolute Gasteiger partial charge is 0.243 e. The highest BCUT2D eigenvalue weighted by Crippen LogP contribution is 2.41. The Bertz CT molecular complexity index is 684. The molecule has 0 aliphatic carbocycles. The van der Waals surface area contributed by atoms with Crippen molar-refractivity contribution < 1.29 is 23.7 Å². The number of methoxy groups -OCH3 is 3. The lowest BCUT2D eigenvalue weighted by Crippen LogP contribution is -2.46. The predicted octanol–water partition coefficient (Wildman–Crippen LogP) is 4.33. The number of carbonyl (C=O) groups is 1. The quantitative estimate of drug-likeness (QED) is 0.593. The number of benzene rings is 1. The molecule has 1 aromatic rings. The number of hydrogen-bond donors (Lipinski definition) is 0. The normalized spacial score (nSPS) is 15.1. The molecule has 0 N–H and O–H groups in total. The molecule has 1 heterocycles. The zero-order valence-electron chi connectivity index (χ0n) is 17.8. The molecule has 2 rings (SSSR count). The molecule has 156 valence electrons. The highest BCUT2D eigenvalue weighted by molar-refractivity contribution is 5.98. The molecule has 0 unspecified atom stereocenters. The van der Waals surface area contributed by atoms with Gasteiger partial charge in [0, 0.05) is 25.3 Å². The van der Waals surface area contributed by atoms with Gasteiger partial charge in [-0.1, -0.05) is 26.7 Å². The molecule has 0 atom stereocenters. The Balaban J connectivity index is 2.48. The van der Waals surface area contributed by atoms with Gasteiger partial charge in [-0.15, -0.1) is 5.10 Å². The van der Waals surface area contributed by atoms with Gasteiger partial charge in [0.1, 0.15) is 0 Å². The standard InChI is InChI=1S/C21H32N2O5/c1-7-9-11-21(12-10-8-2)23(15(3)24)22-20(28-21)16-13-17(25-4)19(27-6)18(14-16)26-5/h13-14H,7-12H2,1-6H3. The number of ether oxygens (including phenoxy) is 4. The molecule has 1 aliphatic rings. The summed E-state index contributed by atoms with van der Waals surface area (Å²) in [5, 5.41) is 6.06. The molecule has 7 heteroatoms. The molecule has 7 nitrogen and oxygen atoms in total. The summed E-state index contributed by atoms with van der Waals surface area (Å²) < 4.78 is 22.7. The number of rotatable bonds is 10. The van der Waals surface area contributed by atoms with E-state index in [-0.39, 0.29) is 5.91 Å². The number of hydrogen-bond acceptors (Lipinski definition) is 6. The van der Waals surface area contributed by atoms with Gasteiger partial charge in [0.2, 0.25) is 23.3 Å². The molecule has 1 aromatic carbocycles. The second-order valence-corrected chi connectivity index (χ2v) is 6.91. The molecule has 0 radical (unpaired) electrons. The second kappa shape index (κ2) is 9.66. The molecule has 0 saturated carbocycles. The van der Waals surface area contributed by atoms with Crippen molar-refractivity contribution in [3.63, 3.8) is 0 Å². The van der Waals surface area contributed by atoms with E-state index in [0.717, 1.165) is 38.5 Å². The highest BCUT2D eigenvalue weighted by atomic mass is 16.6. The zero-order chi connectivity index (χ0) is 20.7. The Labute approximate surface area is 167 Å². The number of carbonyl (C=O) groups excluding carboxylic acids is 1. The van der Waals surface area contributed by atoms with Crippen molar-refractivity contribution in [2.75, 3.05) is 21.3 Å². The van der Waals surface area contributed by atoms with Gasteiger partial charge >= 0.3 is 0 Å². The molecule has 0 bridgehead atoms. The maximum atomic E-state index is 12.4. The fraction of sp³-hybridized carbons (Fsp3) is 0.619. The van der Waals surface area contributed by atoms with Crippen LogP contribution in [0.4, 0.5) is 0 Å². The fourth-order valence-electron chi connectivity index (χ4n) is 3.45. The molecule has 0 spiro atoms. The van der Waals surface area contributed by atoms with E-state index in [2.05, 4.69) is 18.9 Å². The minimum atomic E-state index is -0.742. The topological polar surface area (TPSA) is 69.6 Å². The summed E-state index contributed by atoms with van der Waals surface area (Å²) in [5.41, 5.74) is -0.0660. The maximum Gasteiger partial charge on any atom is 0.243 e. The monoisotopic (exact) mass is 392 g/mol. The van der Waals surface area contributed by atoms with Crippen molar-refractivity contribution in [3.05, 3.63) is 17.7 Å². The van der Waals surface area contributed by atoms with Gasteiger partial charge in [0.25, 0.3) is 0 Å². The van der Waals surface area contributed by atoms with Crippen LogP contribution in [0.2, 0.25) is 0 Å². The largest absolute Gasteiger partial charge is 0.493 e. The van der Waals surface area contributed by atoms with Crippen LogP contribution in [-0.2, 0) is 9.53 Å². The Hall–Kier alpha value is -2.44. The molecule has 28 heavy (non-hydrogen) atoms. The van der Waals surface area contributed by atoms with Crippen molar-refractivity contribution in [3.8, 4) is 17.2 Å². The number of unbranched alkanes of at least 4 members (excludes halogenated alkanes) is 2. The first-order valence-electron chi connectivity index (χ1n) is 9.85. The SMILES string of the molecule is CCCCC1(CCCC)OC(c2cc(OC)c(OC)c(OC)c2)=NN1C(C)=O. The van der Waals surface area contributed by atoms with Crippen LogP contribution in [0.3, 0.4) is 0 Å². The Morgan fingerprint density at radius 2 is 1.57 bits per heavy atom. The summed E-state index contributed by atoms with van der Waals surface area (Å²) in [5.74, 6) is 1.78. The van der Waals surface area contributed by atoms with Crippen LogP contribution in [0.15, 0.2) is 17.2 Å². The molecule has 0 aromatic heterocycles. The Morgan fingerprint density at radius 1 is 1.04 bits per heavy atom. The lowest BCUT2D eigenvalue weighted by atomic mass is 9.98. The summed E-state index contributed by atoms with van der Waals surface area (Å²) in [6.07, 6.45) is 5.41. The van der Waals surface area contributed by atoms with Crippen LogP contribution < -0.4 is 14.2 Å². The van der Waals surface area contributed by atoms with E-state index < -0.39 is 5.72 Å². The molecule has 1 aliphatic heterocycles. The van der Waals surface area contributed by atoms with E-state index in [4.69, 9.17) is 18.9 Å². The van der Waals surface area contributed by atoms with Gasteiger partial charge in [0.15, 0.2) is 11.5 Å². The second-order valence-electron chi connectivity index (χ2n) is 6.91. The first-order valence-corrected chi connectivity index (χ1v) is 9.85. The van der Waals surface area contributed by atoms with Gasteiger partial charge in [-0.25, -0.2) is 0 Å². The van der Waals surface area contributed by atoms with Crippen molar-refractivity contribution in [2.45, 2.75) is 65.0 Å². The van der Waals surface area contributed by atoms with Crippen molar-refractivity contribution in [1.82, 2.24) is 5.01 Å². The molecule has 0 saturated heterocycles. The van der Waals surface area contributed by atoms with Gasteiger partial charge in [0.05, 0.1) is 21.3 Å². The Morgan fingerprint density at radius 3 is 1.96 bits per heavy atom. The van der Waals surface area contributed by atoms with Crippen LogP contribution in [0, 0.1) is 0 Å². The summed E-state index contributed by atoms with van der Waals surface area (Å²) in [6.45, 7) is 5.78. The number of hydrazone groups is 1. The summed E-state index contributed by atoms with van der Waals surface area (Å²) in [4.78, 5) is 12.4. The lowest BCUT2D eigenvalue weighted by Gasteiger charge is -2.34. The number of amides is 1. The summed E-state index contributed by atoms with van der Waals surface area (Å²) >= 11 is 0. The van der Waals surface area contributed by atoms with E-state index in [0.29, 0.717) is 28.7 Å². The van der Waals surface area contributed by atoms with Crippen molar-refractivity contribution in [2.24, 2.45) is 5.10 Å². The molecule has 1 amide bonds. The van der Waals surface area contributed by atoms with Crippen LogP contribution in [-0.4, -0.2) is 43.9 Å². The molecular formula is C21H32N2O5. The van der Waals surface area contributed by atoms with E-state index in [9.17, 15) is 4.79 Å². The third kappa shape index (κ3) is 4.34. The first kappa shape index (κ1) is 21.9. The van der Waals surface area contributed by atoms with E-state index in [1.54, 1.807) is 33.5 Å². The minimum Gasteiger partial charge on any atom is -0.493 e. The Kier molecular flexibility index (Phi) is 7.54. The van der Waals surface area contributed by atoms with Gasteiger partial charge in [-0.05, 0) is 25.0 Å². The van der Waals surface area contributed by atoms with Gasteiger partial charge < -0.3 is 18.9 Å². The third-order valence-electron chi connectivity index (χ3n) is 4.92. The highest BCUT2D eigenvalue weighted by Gasteiger charge is 2.46. The predicted molar refractivity (Wildman–Crippen MR) is 108 cm³/mol. The van der Waals surface area contributed by atoms with E-state index in [1.165, 1.54) is 11.9 Å². The summed E-state index contributed by atoms with van der Waals surface area (Å²) in [6, 6.07) is 3.57. The molecular weight excluding hydrogens is 360 g/mol.